The SMILES string of the molecule is CCCCCCCC(=O)O[C@@H]1[C@@H](O)[C@@H](O)[C@H](O[C@@H]2[C@@H](O[C@@H]3O[C@@H](C)[C@H](O)[C@@H](O)[C@H]3O)[C@@H](OC(=O)CCCCCCC)[C@H](O[C@@H]3[C@@H](O)[C@H]4OC(=O)CCCCCCCCC[C@H](CCCCC)O[C@@H]5O[C@H](C)[C@H](O)[C@H](OC(C)=O)[C@H]5O[C@@H]4O[C@H]3C)O[C@H]2C)O[C@H]1C. The molecule has 6 aliphatic heterocycles. The Balaban J connectivity index is 1.36. The van der Waals surface area contributed by atoms with Crippen molar-refractivity contribution in [2.45, 2.75) is 382 Å². The average Bonchev–Trinajstić information content (AvgIpc) is 0.864. The van der Waals surface area contributed by atoms with Crippen LogP contribution in [0.25, 0.3) is 0 Å². The minimum atomic E-state index is -1.91. The highest BCUT2D eigenvalue weighted by atomic mass is 16.8. The van der Waals surface area contributed by atoms with Crippen LogP contribution in [0.15, 0.2) is 0 Å². The van der Waals surface area contributed by atoms with Crippen LogP contribution in [0, 0.1) is 0 Å². The van der Waals surface area contributed by atoms with Gasteiger partial charge < -0.3 is 102 Å². The largest absolute Gasteiger partial charge is 0.457 e. The quantitative estimate of drug-likeness (QED) is 0.0329. The fourth-order valence-corrected chi connectivity index (χ4v) is 12.6. The molecule has 0 aromatic heterocycles. The fourth-order valence-electron chi connectivity index (χ4n) is 12.6. The maximum atomic E-state index is 14.2. The molecular weight excluding hydrogens is 1170 g/mol. The minimum absolute atomic E-state index is 0.0409. The van der Waals surface area contributed by atoms with Gasteiger partial charge >= 0.3 is 23.9 Å². The first-order chi connectivity index (χ1) is 42.6. The van der Waals surface area contributed by atoms with Crippen LogP contribution < -0.4 is 0 Å². The molecule has 0 aromatic rings. The van der Waals surface area contributed by atoms with E-state index in [0.29, 0.717) is 38.5 Å². The smallest absolute Gasteiger partial charge is 0.306 e. The van der Waals surface area contributed by atoms with Gasteiger partial charge in [-0.2, -0.15) is 0 Å². The number of rotatable bonds is 25. The van der Waals surface area contributed by atoms with Crippen molar-refractivity contribution >= 4 is 23.9 Å². The number of carbonyl (C=O) groups excluding carboxylic acids is 4. The lowest BCUT2D eigenvalue weighted by Crippen LogP contribution is -2.68. The number of aliphatic hydroxyl groups is 7. The zero-order valence-corrected chi connectivity index (χ0v) is 54.2. The van der Waals surface area contributed by atoms with Crippen LogP contribution in [-0.2, 0) is 85.5 Å². The van der Waals surface area contributed by atoms with Crippen molar-refractivity contribution < 1.29 is 121 Å². The van der Waals surface area contributed by atoms with Crippen LogP contribution in [0.3, 0.4) is 0 Å². The van der Waals surface area contributed by atoms with E-state index in [1.54, 1.807) is 6.92 Å². The Morgan fingerprint density at radius 1 is 0.416 bits per heavy atom. The van der Waals surface area contributed by atoms with Gasteiger partial charge in [0.05, 0.1) is 36.6 Å². The van der Waals surface area contributed by atoms with Crippen molar-refractivity contribution in [3.05, 3.63) is 0 Å². The van der Waals surface area contributed by atoms with Crippen molar-refractivity contribution in [3.63, 3.8) is 0 Å². The zero-order valence-electron chi connectivity index (χ0n) is 54.2. The molecule has 0 saturated carbocycles. The zero-order chi connectivity index (χ0) is 64.9. The standard InChI is InChI=1S/C64H110O25/c1-10-13-16-21-27-32-42(66)83-52-37(6)78-61(50(74)48(52)72)87-54-39(8)80-64(59(85-44(68)34-28-22-17-14-11-2)57(54)88-60-49(73)47(71)45(69)35(4)76-60)86-53-38(7)79-62-56(51(53)75)84-43(67)33-29-24-20-18-19-23-26-31-41(30-25-15-12-3)82-63-58(89-62)55(81-40(9)65)46(70)36(5)77-63/h35-39,41,45-64,69-75H,10-34H2,1-9H3/t35-,36+,37-,38-,39-,41-,45-,46-,47+,48-,49+,50+,51+,52-,53-,54-,55-,56+,57+,58+,59+,60-,61-,62-,63-,64-/m0/s1. The van der Waals surface area contributed by atoms with Gasteiger partial charge in [-0.1, -0.05) is 130 Å². The molecule has 6 fully saturated rings. The molecule has 0 unspecified atom stereocenters. The van der Waals surface area contributed by atoms with Crippen LogP contribution in [-0.4, -0.2) is 219 Å². The van der Waals surface area contributed by atoms with Gasteiger partial charge in [-0.3, -0.25) is 19.2 Å². The highest BCUT2D eigenvalue weighted by Crippen LogP contribution is 2.40. The van der Waals surface area contributed by atoms with Gasteiger partial charge in [0, 0.05) is 26.2 Å². The molecule has 25 nitrogen and oxygen atoms in total. The van der Waals surface area contributed by atoms with Crippen LogP contribution in [0.2, 0.25) is 0 Å². The normalized spacial score (nSPS) is 40.5. The maximum absolute atomic E-state index is 14.2. The van der Waals surface area contributed by atoms with Crippen molar-refractivity contribution in [3.8, 4) is 0 Å². The predicted octanol–water partition coefficient (Wildman–Crippen LogP) is 5.66. The van der Waals surface area contributed by atoms with Gasteiger partial charge in [0.25, 0.3) is 0 Å². The third-order valence-electron chi connectivity index (χ3n) is 17.9. The molecule has 0 radical (unpaired) electrons. The Morgan fingerprint density at radius 3 is 1.53 bits per heavy atom. The lowest BCUT2D eigenvalue weighted by atomic mass is 9.95. The first kappa shape index (κ1) is 75.2. The number of hydrogen-bond donors (Lipinski definition) is 7. The van der Waals surface area contributed by atoms with Crippen LogP contribution in [0.5, 0.6) is 0 Å². The first-order valence-corrected chi connectivity index (χ1v) is 33.6. The summed E-state index contributed by atoms with van der Waals surface area (Å²) in [7, 11) is 0. The van der Waals surface area contributed by atoms with E-state index in [-0.39, 0.29) is 25.4 Å². The molecule has 6 saturated heterocycles. The van der Waals surface area contributed by atoms with E-state index in [4.69, 9.17) is 66.3 Å². The van der Waals surface area contributed by atoms with E-state index in [9.17, 15) is 54.9 Å². The predicted molar refractivity (Wildman–Crippen MR) is 316 cm³/mol. The van der Waals surface area contributed by atoms with Crippen molar-refractivity contribution in [1.29, 1.82) is 0 Å². The summed E-state index contributed by atoms with van der Waals surface area (Å²) in [5.41, 5.74) is 0. The monoisotopic (exact) mass is 1280 g/mol. The van der Waals surface area contributed by atoms with E-state index in [1.165, 1.54) is 34.6 Å². The summed E-state index contributed by atoms with van der Waals surface area (Å²) in [4.78, 5) is 54.1. The number of ether oxygens (including phenoxy) is 14. The second kappa shape index (κ2) is 37.9. The van der Waals surface area contributed by atoms with Gasteiger partial charge in [0.1, 0.15) is 61.0 Å². The number of aliphatic hydroxyl groups excluding tert-OH is 7. The molecule has 6 aliphatic rings. The van der Waals surface area contributed by atoms with E-state index in [0.717, 1.165) is 103 Å². The molecule has 0 aromatic carbocycles. The summed E-state index contributed by atoms with van der Waals surface area (Å²) < 4.78 is 88.7. The topological polar surface area (TPSA) is 339 Å². The van der Waals surface area contributed by atoms with E-state index >= 15 is 0 Å². The second-order valence-electron chi connectivity index (χ2n) is 25.4. The van der Waals surface area contributed by atoms with Gasteiger partial charge in [0.15, 0.2) is 62.0 Å². The summed E-state index contributed by atoms with van der Waals surface area (Å²) in [6, 6.07) is 0. The van der Waals surface area contributed by atoms with Gasteiger partial charge in [0.2, 0.25) is 0 Å². The number of fused-ring (bicyclic) bond motifs is 2. The Bertz CT molecular complexity index is 2070. The highest BCUT2D eigenvalue weighted by Gasteiger charge is 2.59. The van der Waals surface area contributed by atoms with Crippen LogP contribution in [0.4, 0.5) is 0 Å². The molecule has 7 N–H and O–H groups in total. The van der Waals surface area contributed by atoms with Crippen molar-refractivity contribution in [1.82, 2.24) is 0 Å². The first-order valence-electron chi connectivity index (χ1n) is 33.6. The van der Waals surface area contributed by atoms with Crippen molar-refractivity contribution in [2.24, 2.45) is 0 Å². The van der Waals surface area contributed by atoms with E-state index < -0.39 is 177 Å². The molecule has 6 heterocycles. The Hall–Kier alpha value is -2.80. The summed E-state index contributed by atoms with van der Waals surface area (Å²) >= 11 is 0. The van der Waals surface area contributed by atoms with E-state index in [1.807, 2.05) is 0 Å². The highest BCUT2D eigenvalue weighted by molar-refractivity contribution is 5.70. The fraction of sp³-hybridized carbons (Fsp3) is 0.938. The third kappa shape index (κ3) is 21.9. The molecule has 25 heteroatoms. The molecular formula is C64H110O25. The second-order valence-corrected chi connectivity index (χ2v) is 25.4. The molecule has 516 valence electrons. The summed E-state index contributed by atoms with van der Waals surface area (Å²) in [5, 5.41) is 80.9. The maximum Gasteiger partial charge on any atom is 0.306 e. The van der Waals surface area contributed by atoms with E-state index in [2.05, 4.69) is 20.8 Å². The van der Waals surface area contributed by atoms with Crippen molar-refractivity contribution in [2.75, 3.05) is 0 Å². The summed E-state index contributed by atoms with van der Waals surface area (Å²) in [6.45, 7) is 15.1. The molecule has 0 bridgehead atoms. The molecule has 89 heavy (non-hydrogen) atoms. The summed E-state index contributed by atoms with van der Waals surface area (Å²) in [5.74, 6) is -2.79. The molecule has 0 spiro atoms. The molecule has 26 atom stereocenters. The van der Waals surface area contributed by atoms with Crippen LogP contribution in [0.1, 0.15) is 223 Å². The summed E-state index contributed by atoms with van der Waals surface area (Å²) in [6.07, 6.45) is -20.2. The number of unbranched alkanes of at least 4 members (excludes halogenated alkanes) is 10. The third-order valence-corrected chi connectivity index (χ3v) is 17.9. The lowest BCUT2D eigenvalue weighted by molar-refractivity contribution is -0.399. The number of hydrogen-bond acceptors (Lipinski definition) is 25. The molecule has 0 aliphatic carbocycles. The van der Waals surface area contributed by atoms with Gasteiger partial charge in [-0.25, -0.2) is 0 Å². The Labute approximate surface area is 525 Å². The molecule has 6 rings (SSSR count). The van der Waals surface area contributed by atoms with Gasteiger partial charge in [-0.05, 0) is 66.7 Å². The van der Waals surface area contributed by atoms with Crippen LogP contribution >= 0.6 is 0 Å². The average molecular weight is 1280 g/mol. The Kier molecular flexibility index (Phi) is 32.1. The molecule has 0 amide bonds. The Morgan fingerprint density at radius 2 is 0.899 bits per heavy atom. The van der Waals surface area contributed by atoms with Gasteiger partial charge in [-0.15, -0.1) is 0 Å². The number of carbonyl (C=O) groups is 4. The number of esters is 4. The lowest BCUT2D eigenvalue weighted by Gasteiger charge is -2.51. The minimum Gasteiger partial charge on any atom is -0.457 e.